The Labute approximate surface area is 169 Å². The third-order valence-electron chi connectivity index (χ3n) is 2.97. The van der Waals surface area contributed by atoms with Crippen LogP contribution in [0.4, 0.5) is 0 Å². The highest BCUT2D eigenvalue weighted by atomic mass is 35.5. The summed E-state index contributed by atoms with van der Waals surface area (Å²) in [4.78, 5) is 16.0. The van der Waals surface area contributed by atoms with E-state index in [0.717, 1.165) is 13.1 Å². The number of nitrogens with zero attached hydrogens (tertiary/aromatic N) is 1. The number of pyridine rings is 1. The molecule has 0 bridgehead atoms. The average molecular weight is 427 g/mol. The first kappa shape index (κ1) is 23.8. The molecule has 138 valence electrons. The smallest absolute Gasteiger partial charge is 0.252 e. The van der Waals surface area contributed by atoms with E-state index in [2.05, 4.69) is 15.6 Å². The van der Waals surface area contributed by atoms with Crippen molar-refractivity contribution in [1.82, 2.24) is 15.6 Å². The number of benzene rings is 1. The minimum Gasteiger partial charge on any atom is -0.437 e. The van der Waals surface area contributed by atoms with Crippen LogP contribution >= 0.6 is 48.0 Å². The Bertz CT molecular complexity index is 669. The third-order valence-corrected chi connectivity index (χ3v) is 3.77. The molecule has 0 aliphatic rings. The van der Waals surface area contributed by atoms with E-state index in [4.69, 9.17) is 27.9 Å². The van der Waals surface area contributed by atoms with Crippen LogP contribution in [-0.4, -0.2) is 30.5 Å². The van der Waals surface area contributed by atoms with Gasteiger partial charge in [0.15, 0.2) is 0 Å². The van der Waals surface area contributed by atoms with Crippen LogP contribution in [0.15, 0.2) is 36.5 Å². The van der Waals surface area contributed by atoms with Crippen LogP contribution in [0.1, 0.15) is 17.3 Å². The molecule has 25 heavy (non-hydrogen) atoms. The number of hydrogen-bond donors (Lipinski definition) is 2. The van der Waals surface area contributed by atoms with Gasteiger partial charge in [0.1, 0.15) is 10.8 Å². The van der Waals surface area contributed by atoms with Gasteiger partial charge in [-0.25, -0.2) is 4.98 Å². The fraction of sp³-hybridized carbons (Fsp3) is 0.250. The Morgan fingerprint density at radius 1 is 1.16 bits per heavy atom. The molecule has 0 fully saturated rings. The molecule has 2 rings (SSSR count). The maximum atomic E-state index is 11.9. The minimum absolute atomic E-state index is 0. The van der Waals surface area contributed by atoms with Gasteiger partial charge in [0.25, 0.3) is 5.91 Å². The number of rotatable bonds is 7. The first-order chi connectivity index (χ1) is 11.1. The molecule has 5 nitrogen and oxygen atoms in total. The molecule has 2 aromatic rings. The summed E-state index contributed by atoms with van der Waals surface area (Å²) in [6.45, 7) is 4.17. The van der Waals surface area contributed by atoms with Crippen molar-refractivity contribution in [3.63, 3.8) is 0 Å². The van der Waals surface area contributed by atoms with Gasteiger partial charge in [0.05, 0.1) is 10.6 Å². The first-order valence-corrected chi connectivity index (χ1v) is 7.94. The highest BCUT2D eigenvalue weighted by Gasteiger charge is 2.09. The maximum absolute atomic E-state index is 11.9. The van der Waals surface area contributed by atoms with Crippen LogP contribution < -0.4 is 15.4 Å². The number of nitrogens with one attached hydrogen (secondary N) is 2. The molecule has 1 aromatic carbocycles. The predicted octanol–water partition coefficient (Wildman–Crippen LogP) is 4.36. The van der Waals surface area contributed by atoms with Crippen molar-refractivity contribution in [3.8, 4) is 11.6 Å². The molecule has 0 spiro atoms. The van der Waals surface area contributed by atoms with Gasteiger partial charge in [-0.3, -0.25) is 4.79 Å². The number of hydrogen-bond acceptors (Lipinski definition) is 4. The van der Waals surface area contributed by atoms with E-state index >= 15 is 0 Å². The summed E-state index contributed by atoms with van der Waals surface area (Å²) in [6, 6.07) is 8.35. The van der Waals surface area contributed by atoms with Gasteiger partial charge in [-0.05, 0) is 24.7 Å². The zero-order valence-electron chi connectivity index (χ0n) is 13.4. The fourth-order valence-corrected chi connectivity index (χ4v) is 2.12. The number of ether oxygens (including phenoxy) is 1. The summed E-state index contributed by atoms with van der Waals surface area (Å²) in [5.74, 6) is 0.565. The van der Waals surface area contributed by atoms with Gasteiger partial charge < -0.3 is 15.4 Å². The largest absolute Gasteiger partial charge is 0.437 e. The molecular weight excluding hydrogens is 408 g/mol. The summed E-state index contributed by atoms with van der Waals surface area (Å²) in [6.07, 6.45) is 1.45. The molecule has 1 amide bonds. The van der Waals surface area contributed by atoms with Crippen LogP contribution in [0.2, 0.25) is 10.0 Å². The maximum Gasteiger partial charge on any atom is 0.252 e. The summed E-state index contributed by atoms with van der Waals surface area (Å²) in [7, 11) is 0. The highest BCUT2D eigenvalue weighted by molar-refractivity contribution is 6.42. The lowest BCUT2D eigenvalue weighted by Gasteiger charge is -2.08. The second-order valence-corrected chi connectivity index (χ2v) is 5.43. The second kappa shape index (κ2) is 12.2. The molecular formula is C16H19Cl4N3O2. The van der Waals surface area contributed by atoms with E-state index < -0.39 is 0 Å². The molecule has 0 atom stereocenters. The summed E-state index contributed by atoms with van der Waals surface area (Å²) in [5.41, 5.74) is 0.464. The van der Waals surface area contributed by atoms with Crippen LogP contribution in [0.3, 0.4) is 0 Å². The van der Waals surface area contributed by atoms with Gasteiger partial charge in [-0.2, -0.15) is 0 Å². The quantitative estimate of drug-likeness (QED) is 0.645. The minimum atomic E-state index is -0.178. The van der Waals surface area contributed by atoms with E-state index in [-0.39, 0.29) is 30.7 Å². The molecule has 0 unspecified atom stereocenters. The molecule has 0 saturated carbocycles. The number of amides is 1. The van der Waals surface area contributed by atoms with Gasteiger partial charge >= 0.3 is 0 Å². The van der Waals surface area contributed by atoms with Crippen molar-refractivity contribution in [2.75, 3.05) is 19.6 Å². The van der Waals surface area contributed by atoms with E-state index in [1.165, 1.54) is 6.20 Å². The van der Waals surface area contributed by atoms with E-state index in [9.17, 15) is 4.79 Å². The zero-order valence-corrected chi connectivity index (χ0v) is 16.6. The van der Waals surface area contributed by atoms with Gasteiger partial charge in [0.2, 0.25) is 5.88 Å². The predicted molar refractivity (Wildman–Crippen MR) is 106 cm³/mol. The standard InChI is InChI=1S/C16H17Cl2N3O2.2ClH/c1-2-19-8-9-20-16(22)11-6-7-14(21-10-11)23-13-5-3-4-12(17)15(13)18;;/h3-7,10,19H,2,8-9H2,1H3,(H,20,22);2*1H. The molecule has 1 aromatic heterocycles. The second-order valence-electron chi connectivity index (χ2n) is 4.65. The average Bonchev–Trinajstić information content (AvgIpc) is 2.56. The van der Waals surface area contributed by atoms with Gasteiger partial charge in [-0.15, -0.1) is 24.8 Å². The Balaban J connectivity index is 0.00000288. The SMILES string of the molecule is CCNCCNC(=O)c1ccc(Oc2cccc(Cl)c2Cl)nc1.Cl.Cl. The van der Waals surface area contributed by atoms with E-state index in [1.54, 1.807) is 30.3 Å². The van der Waals surface area contributed by atoms with Crippen LogP contribution in [0.25, 0.3) is 0 Å². The van der Waals surface area contributed by atoms with Crippen molar-refractivity contribution in [2.24, 2.45) is 0 Å². The van der Waals surface area contributed by atoms with Crippen molar-refractivity contribution < 1.29 is 9.53 Å². The third kappa shape index (κ3) is 7.26. The van der Waals surface area contributed by atoms with Crippen LogP contribution in [-0.2, 0) is 0 Å². The lowest BCUT2D eigenvalue weighted by molar-refractivity contribution is 0.0953. The summed E-state index contributed by atoms with van der Waals surface area (Å²) < 4.78 is 5.57. The Kier molecular flexibility index (Phi) is 11.6. The molecule has 0 aliphatic heterocycles. The summed E-state index contributed by atoms with van der Waals surface area (Å²) >= 11 is 12.0. The van der Waals surface area contributed by atoms with Gasteiger partial charge in [-0.1, -0.05) is 36.2 Å². The Hall–Kier alpha value is -1.24. The molecule has 1 heterocycles. The molecule has 2 N–H and O–H groups in total. The highest BCUT2D eigenvalue weighted by Crippen LogP contribution is 2.33. The number of likely N-dealkylation sites (N-methyl/N-ethyl adjacent to an activating group) is 1. The summed E-state index contributed by atoms with van der Waals surface area (Å²) in [5, 5.41) is 6.65. The molecule has 0 radical (unpaired) electrons. The topological polar surface area (TPSA) is 63.2 Å². The van der Waals surface area contributed by atoms with Gasteiger partial charge in [0, 0.05) is 25.4 Å². The Morgan fingerprint density at radius 3 is 2.56 bits per heavy atom. The van der Waals surface area contributed by atoms with E-state index in [0.29, 0.717) is 33.8 Å². The number of aromatic nitrogens is 1. The zero-order chi connectivity index (χ0) is 16.7. The number of carbonyl (C=O) groups excluding carboxylic acids is 1. The molecule has 0 aliphatic carbocycles. The van der Waals surface area contributed by atoms with Crippen molar-refractivity contribution in [1.29, 1.82) is 0 Å². The van der Waals surface area contributed by atoms with Crippen molar-refractivity contribution in [3.05, 3.63) is 52.1 Å². The number of halogens is 4. The van der Waals surface area contributed by atoms with Crippen LogP contribution in [0.5, 0.6) is 11.6 Å². The normalized spacial score (nSPS) is 9.56. The fourth-order valence-electron chi connectivity index (χ4n) is 1.79. The Morgan fingerprint density at radius 2 is 1.92 bits per heavy atom. The first-order valence-electron chi connectivity index (χ1n) is 7.18. The lowest BCUT2D eigenvalue weighted by Crippen LogP contribution is -2.31. The monoisotopic (exact) mass is 425 g/mol. The van der Waals surface area contributed by atoms with Crippen molar-refractivity contribution >= 4 is 53.9 Å². The van der Waals surface area contributed by atoms with E-state index in [1.807, 2.05) is 6.92 Å². The van der Waals surface area contributed by atoms with Crippen LogP contribution in [0, 0.1) is 0 Å². The lowest BCUT2D eigenvalue weighted by atomic mass is 10.2. The number of carbonyl (C=O) groups is 1. The van der Waals surface area contributed by atoms with Crippen molar-refractivity contribution in [2.45, 2.75) is 6.92 Å². The molecule has 9 heteroatoms. The molecule has 0 saturated heterocycles.